The minimum Gasteiger partial charge on any atom is -0.355 e. The Morgan fingerprint density at radius 1 is 1.67 bits per heavy atom. The van der Waals surface area contributed by atoms with E-state index < -0.39 is 0 Å². The van der Waals surface area contributed by atoms with E-state index in [0.29, 0.717) is 18.9 Å². The maximum absolute atomic E-state index is 11.6. The highest BCUT2D eigenvalue weighted by Gasteiger charge is 2.28. The van der Waals surface area contributed by atoms with Gasteiger partial charge in [0.15, 0.2) is 0 Å². The van der Waals surface area contributed by atoms with Gasteiger partial charge in [0.2, 0.25) is 5.91 Å². The van der Waals surface area contributed by atoms with Crippen molar-refractivity contribution >= 4 is 17.2 Å². The van der Waals surface area contributed by atoms with Crippen LogP contribution in [0.15, 0.2) is 5.38 Å². The Morgan fingerprint density at radius 3 is 3.06 bits per heavy atom. The van der Waals surface area contributed by atoms with E-state index in [1.807, 2.05) is 6.92 Å². The first-order valence-corrected chi connectivity index (χ1v) is 7.46. The highest BCUT2D eigenvalue weighted by Crippen LogP contribution is 2.31. The molecule has 0 aromatic carbocycles. The molecule has 0 radical (unpaired) electrons. The molecule has 1 saturated carbocycles. The third-order valence-electron chi connectivity index (χ3n) is 3.27. The Labute approximate surface area is 112 Å². The second-order valence-corrected chi connectivity index (χ2v) is 6.08. The van der Waals surface area contributed by atoms with Crippen LogP contribution in [0, 0.1) is 12.8 Å². The van der Waals surface area contributed by atoms with Gasteiger partial charge in [-0.2, -0.15) is 0 Å². The average Bonchev–Trinajstić information content (AvgIpc) is 3.11. The highest BCUT2D eigenvalue weighted by atomic mass is 32.1. The van der Waals surface area contributed by atoms with Crippen LogP contribution in [0.25, 0.3) is 0 Å². The fourth-order valence-electron chi connectivity index (χ4n) is 1.96. The van der Waals surface area contributed by atoms with Crippen LogP contribution in [0.4, 0.5) is 0 Å². The Morgan fingerprint density at radius 2 is 2.44 bits per heavy atom. The molecule has 1 aliphatic carbocycles. The summed E-state index contributed by atoms with van der Waals surface area (Å²) in [7, 11) is 0. The van der Waals surface area contributed by atoms with Crippen molar-refractivity contribution in [3.05, 3.63) is 16.1 Å². The lowest BCUT2D eigenvalue weighted by atomic mass is 10.2. The summed E-state index contributed by atoms with van der Waals surface area (Å²) in [5.41, 5.74) is 7.02. The van der Waals surface area contributed by atoms with Crippen molar-refractivity contribution in [1.82, 2.24) is 10.3 Å². The number of carbonyl (C=O) groups is 1. The van der Waals surface area contributed by atoms with E-state index in [9.17, 15) is 4.79 Å². The molecule has 5 heteroatoms. The zero-order valence-corrected chi connectivity index (χ0v) is 11.6. The minimum absolute atomic E-state index is 0.109. The fraction of sp³-hybridized carbons (Fsp3) is 0.692. The van der Waals surface area contributed by atoms with Crippen molar-refractivity contribution in [2.45, 2.75) is 45.1 Å². The molecule has 4 nitrogen and oxygen atoms in total. The normalized spacial score (nSPS) is 16.6. The lowest BCUT2D eigenvalue weighted by Gasteiger charge is -2.11. The number of nitrogens with two attached hydrogens (primary N) is 1. The number of hydrogen-bond acceptors (Lipinski definition) is 4. The van der Waals surface area contributed by atoms with Gasteiger partial charge in [-0.05, 0) is 38.5 Å². The molecule has 1 unspecified atom stereocenters. The van der Waals surface area contributed by atoms with Gasteiger partial charge in [-0.15, -0.1) is 11.3 Å². The molecule has 0 saturated heterocycles. The molecule has 0 spiro atoms. The first kappa shape index (κ1) is 13.5. The lowest BCUT2D eigenvalue weighted by molar-refractivity contribution is -0.121. The molecule has 100 valence electrons. The van der Waals surface area contributed by atoms with E-state index in [-0.39, 0.29) is 11.9 Å². The standard InChI is InChI=1S/C13H21N3OS/c1-9-16-11(8-18-9)3-2-4-13(17)15-7-12(14)10-5-6-10/h8,10,12H,2-7,14H2,1H3,(H,15,17). The summed E-state index contributed by atoms with van der Waals surface area (Å²) in [6, 6.07) is 0.148. The first-order valence-electron chi connectivity index (χ1n) is 6.58. The van der Waals surface area contributed by atoms with Gasteiger partial charge in [0.1, 0.15) is 0 Å². The number of thiazole rings is 1. The smallest absolute Gasteiger partial charge is 0.220 e. The maximum Gasteiger partial charge on any atom is 0.220 e. The summed E-state index contributed by atoms with van der Waals surface area (Å²) in [5.74, 6) is 0.751. The van der Waals surface area contributed by atoms with Gasteiger partial charge in [0, 0.05) is 24.4 Å². The minimum atomic E-state index is 0.109. The summed E-state index contributed by atoms with van der Waals surface area (Å²) in [4.78, 5) is 16.0. The van der Waals surface area contributed by atoms with Gasteiger partial charge >= 0.3 is 0 Å². The molecule has 3 N–H and O–H groups in total. The lowest BCUT2D eigenvalue weighted by Crippen LogP contribution is -2.38. The molecule has 1 aromatic heterocycles. The number of hydrogen-bond donors (Lipinski definition) is 2. The van der Waals surface area contributed by atoms with Gasteiger partial charge in [-0.1, -0.05) is 0 Å². The molecular formula is C13H21N3OS. The van der Waals surface area contributed by atoms with E-state index in [4.69, 9.17) is 5.73 Å². The molecule has 1 fully saturated rings. The summed E-state index contributed by atoms with van der Waals surface area (Å²) in [6.07, 6.45) is 4.74. The number of amides is 1. The molecule has 1 heterocycles. The Hall–Kier alpha value is -0.940. The van der Waals surface area contributed by atoms with Gasteiger partial charge in [0.25, 0.3) is 0 Å². The van der Waals surface area contributed by atoms with Crippen molar-refractivity contribution < 1.29 is 4.79 Å². The second-order valence-electron chi connectivity index (χ2n) is 5.02. The van der Waals surface area contributed by atoms with Gasteiger partial charge in [0.05, 0.1) is 10.7 Å². The molecular weight excluding hydrogens is 246 g/mol. The Bertz CT molecular complexity index is 401. The van der Waals surface area contributed by atoms with E-state index in [1.165, 1.54) is 12.8 Å². The predicted octanol–water partition coefficient (Wildman–Crippen LogP) is 1.63. The molecule has 1 atom stereocenters. The van der Waals surface area contributed by atoms with E-state index >= 15 is 0 Å². The van der Waals surface area contributed by atoms with Gasteiger partial charge in [-0.3, -0.25) is 4.79 Å². The number of carbonyl (C=O) groups excluding carboxylic acids is 1. The van der Waals surface area contributed by atoms with Crippen molar-refractivity contribution in [2.75, 3.05) is 6.54 Å². The third kappa shape index (κ3) is 4.38. The van der Waals surface area contributed by atoms with Gasteiger partial charge in [-0.25, -0.2) is 4.98 Å². The largest absolute Gasteiger partial charge is 0.355 e. The number of rotatable bonds is 7. The molecule has 0 aliphatic heterocycles. The molecule has 2 rings (SSSR count). The predicted molar refractivity (Wildman–Crippen MR) is 73.5 cm³/mol. The average molecular weight is 267 g/mol. The number of nitrogens with zero attached hydrogens (tertiary/aromatic N) is 1. The van der Waals surface area contributed by atoms with E-state index in [1.54, 1.807) is 11.3 Å². The number of aromatic nitrogens is 1. The van der Waals surface area contributed by atoms with Crippen LogP contribution in [0.3, 0.4) is 0 Å². The molecule has 1 aromatic rings. The monoisotopic (exact) mass is 267 g/mol. The molecule has 1 aliphatic rings. The number of aryl methyl sites for hydroxylation is 2. The van der Waals surface area contributed by atoms with Crippen LogP contribution in [0.2, 0.25) is 0 Å². The van der Waals surface area contributed by atoms with Crippen LogP contribution in [-0.4, -0.2) is 23.5 Å². The summed E-state index contributed by atoms with van der Waals surface area (Å²) >= 11 is 1.66. The molecule has 0 bridgehead atoms. The van der Waals surface area contributed by atoms with E-state index in [0.717, 1.165) is 23.5 Å². The maximum atomic E-state index is 11.6. The molecule has 18 heavy (non-hydrogen) atoms. The number of nitrogens with one attached hydrogen (secondary N) is 1. The Kier molecular flexibility index (Phi) is 4.72. The van der Waals surface area contributed by atoms with Crippen LogP contribution < -0.4 is 11.1 Å². The zero-order valence-electron chi connectivity index (χ0n) is 10.8. The highest BCUT2D eigenvalue weighted by molar-refractivity contribution is 7.09. The van der Waals surface area contributed by atoms with Crippen molar-refractivity contribution in [3.8, 4) is 0 Å². The SMILES string of the molecule is Cc1nc(CCCC(=O)NCC(N)C2CC2)cs1. The Balaban J connectivity index is 1.56. The fourth-order valence-corrected chi connectivity index (χ4v) is 2.61. The van der Waals surface area contributed by atoms with Crippen LogP contribution in [0.5, 0.6) is 0 Å². The summed E-state index contributed by atoms with van der Waals surface area (Å²) in [6.45, 7) is 2.62. The van der Waals surface area contributed by atoms with Crippen molar-refractivity contribution in [3.63, 3.8) is 0 Å². The second kappa shape index (κ2) is 6.29. The van der Waals surface area contributed by atoms with Crippen molar-refractivity contribution in [1.29, 1.82) is 0 Å². The van der Waals surface area contributed by atoms with Crippen LogP contribution >= 0.6 is 11.3 Å². The summed E-state index contributed by atoms with van der Waals surface area (Å²) < 4.78 is 0. The van der Waals surface area contributed by atoms with Crippen LogP contribution in [0.1, 0.15) is 36.4 Å². The summed E-state index contributed by atoms with van der Waals surface area (Å²) in [5, 5.41) is 6.07. The quantitative estimate of drug-likeness (QED) is 0.789. The van der Waals surface area contributed by atoms with Crippen molar-refractivity contribution in [2.24, 2.45) is 11.7 Å². The zero-order chi connectivity index (χ0) is 13.0. The third-order valence-corrected chi connectivity index (χ3v) is 4.09. The van der Waals surface area contributed by atoms with Crippen LogP contribution in [-0.2, 0) is 11.2 Å². The van der Waals surface area contributed by atoms with Gasteiger partial charge < -0.3 is 11.1 Å². The van der Waals surface area contributed by atoms with E-state index in [2.05, 4.69) is 15.7 Å². The topological polar surface area (TPSA) is 68.0 Å². The molecule has 1 amide bonds. The first-order chi connectivity index (χ1) is 8.65.